The summed E-state index contributed by atoms with van der Waals surface area (Å²) in [5, 5.41) is 43.9. The molecule has 8 fully saturated rings. The normalized spacial score (nSPS) is 51.3. The molecule has 4 N–H and O–H groups in total. The largest absolute Gasteiger partial charge is 0.465 e. The van der Waals surface area contributed by atoms with Crippen LogP contribution in [0.4, 0.5) is 0 Å². The molecule has 0 bridgehead atoms. The lowest BCUT2D eigenvalue weighted by Gasteiger charge is -2.71. The molecule has 18 atom stereocenters. The first-order chi connectivity index (χ1) is 34.1. The van der Waals surface area contributed by atoms with Crippen LogP contribution in [-0.2, 0) is 19.1 Å². The quantitative estimate of drug-likeness (QED) is 0.0966. The predicted molar refractivity (Wildman–Crippen MR) is 289 cm³/mol. The Labute approximate surface area is 442 Å². The van der Waals surface area contributed by atoms with Crippen molar-refractivity contribution >= 4 is 11.9 Å². The van der Waals surface area contributed by atoms with Crippen LogP contribution in [0, 0.1) is 100 Å². The SMILES string of the molecule is CC1(C)CC[C@]2(C(=O)OCCCCCOC(=O)[C@]34CCC(C)(C)C[C@H]3C3=CC[C@@H]5[C@@]6(C)CC[C@H](O)[C@@](C)(CO)[C@@H]6CC[C@@]5(C)[C@]3(C)CC4)CC[C@]3(C)C(=CC[C@@H]4[C@@]5(C)CC[C@H](O)[C@@](C)(CO)[C@@H]5CC[C@]43C)[C@@H]2C1. The molecule has 10 aliphatic carbocycles. The summed E-state index contributed by atoms with van der Waals surface area (Å²) in [4.78, 5) is 29.5. The van der Waals surface area contributed by atoms with Crippen molar-refractivity contribution in [3.8, 4) is 0 Å². The molecule has 73 heavy (non-hydrogen) atoms. The second-order valence-corrected chi connectivity index (χ2v) is 31.5. The molecule has 0 aromatic rings. The summed E-state index contributed by atoms with van der Waals surface area (Å²) in [6.07, 6.45) is 26.0. The third-order valence-electron chi connectivity index (χ3n) is 27.6. The van der Waals surface area contributed by atoms with Crippen LogP contribution in [0.2, 0.25) is 0 Å². The van der Waals surface area contributed by atoms with E-state index < -0.39 is 33.9 Å². The molecule has 0 aromatic carbocycles. The van der Waals surface area contributed by atoms with Gasteiger partial charge in [-0.3, -0.25) is 9.59 Å². The first-order valence-electron chi connectivity index (χ1n) is 30.4. The van der Waals surface area contributed by atoms with E-state index >= 15 is 0 Å². The highest BCUT2D eigenvalue weighted by Gasteiger charge is 2.72. The fourth-order valence-electron chi connectivity index (χ4n) is 22.3. The molecule has 0 heterocycles. The van der Waals surface area contributed by atoms with Crippen LogP contribution in [0.15, 0.2) is 23.3 Å². The number of hydrogen-bond donors (Lipinski definition) is 4. The molecule has 0 radical (unpaired) electrons. The van der Waals surface area contributed by atoms with E-state index in [-0.39, 0.29) is 92.1 Å². The average molecular weight is 1010 g/mol. The van der Waals surface area contributed by atoms with Crippen LogP contribution in [0.25, 0.3) is 0 Å². The highest BCUT2D eigenvalue weighted by atomic mass is 16.5. The van der Waals surface area contributed by atoms with Crippen molar-refractivity contribution < 1.29 is 39.5 Å². The Balaban J connectivity index is 0.781. The van der Waals surface area contributed by atoms with Gasteiger partial charge in [0.15, 0.2) is 0 Å². The number of carbonyl (C=O) groups is 2. The van der Waals surface area contributed by atoms with Crippen molar-refractivity contribution in [1.82, 2.24) is 0 Å². The number of aliphatic hydroxyl groups is 4. The second kappa shape index (κ2) is 17.9. The lowest BCUT2D eigenvalue weighted by atomic mass is 9.33. The van der Waals surface area contributed by atoms with Gasteiger partial charge in [-0.2, -0.15) is 0 Å². The Hall–Kier alpha value is -1.74. The molecule has 0 amide bonds. The van der Waals surface area contributed by atoms with Gasteiger partial charge in [-0.1, -0.05) is 106 Å². The van der Waals surface area contributed by atoms with Crippen molar-refractivity contribution in [1.29, 1.82) is 0 Å². The Kier molecular flexibility index (Phi) is 13.4. The molecule has 8 heteroatoms. The smallest absolute Gasteiger partial charge is 0.312 e. The van der Waals surface area contributed by atoms with Crippen LogP contribution >= 0.6 is 0 Å². The van der Waals surface area contributed by atoms with Crippen molar-refractivity contribution in [3.63, 3.8) is 0 Å². The molecule has 0 saturated heterocycles. The molecular formula is C65H104O8. The topological polar surface area (TPSA) is 134 Å². The van der Waals surface area contributed by atoms with E-state index in [0.717, 1.165) is 148 Å². The maximum Gasteiger partial charge on any atom is 0.312 e. The average Bonchev–Trinajstić information content (AvgIpc) is 3.33. The lowest BCUT2D eigenvalue weighted by molar-refractivity contribution is -0.217. The number of esters is 2. The minimum Gasteiger partial charge on any atom is -0.465 e. The summed E-state index contributed by atoms with van der Waals surface area (Å²) in [5.74, 6) is 1.89. The third-order valence-corrected chi connectivity index (χ3v) is 27.6. The molecular weight excluding hydrogens is 909 g/mol. The maximum atomic E-state index is 14.8. The van der Waals surface area contributed by atoms with Crippen molar-refractivity contribution in [2.24, 2.45) is 100 Å². The van der Waals surface area contributed by atoms with Crippen molar-refractivity contribution in [3.05, 3.63) is 23.3 Å². The Morgan fingerprint density at radius 3 is 1.22 bits per heavy atom. The molecule has 0 aromatic heterocycles. The van der Waals surface area contributed by atoms with Gasteiger partial charge < -0.3 is 29.9 Å². The van der Waals surface area contributed by atoms with E-state index in [1.165, 1.54) is 11.1 Å². The van der Waals surface area contributed by atoms with Gasteiger partial charge in [0, 0.05) is 10.8 Å². The van der Waals surface area contributed by atoms with E-state index in [1.807, 2.05) is 0 Å². The number of hydrogen-bond acceptors (Lipinski definition) is 8. The zero-order valence-corrected chi connectivity index (χ0v) is 48.3. The Morgan fingerprint density at radius 2 is 0.849 bits per heavy atom. The van der Waals surface area contributed by atoms with Gasteiger partial charge in [-0.05, 0) is 227 Å². The van der Waals surface area contributed by atoms with E-state index in [1.54, 1.807) is 0 Å². The first kappa shape index (κ1) is 54.6. The summed E-state index contributed by atoms with van der Waals surface area (Å²) in [5.41, 5.74) is 1.65. The fourth-order valence-corrected chi connectivity index (χ4v) is 22.3. The monoisotopic (exact) mass is 1010 g/mol. The van der Waals surface area contributed by atoms with Crippen LogP contribution in [-0.4, -0.2) is 71.0 Å². The zero-order valence-electron chi connectivity index (χ0n) is 48.3. The molecule has 0 spiro atoms. The van der Waals surface area contributed by atoms with Gasteiger partial charge in [-0.15, -0.1) is 0 Å². The Bertz CT molecular complexity index is 2080. The lowest BCUT2D eigenvalue weighted by Crippen LogP contribution is -2.66. The molecule has 8 saturated carbocycles. The first-order valence-corrected chi connectivity index (χ1v) is 30.4. The fraction of sp³-hybridized carbons (Fsp3) is 0.908. The van der Waals surface area contributed by atoms with Gasteiger partial charge in [0.1, 0.15) is 0 Å². The van der Waals surface area contributed by atoms with E-state index in [4.69, 9.17) is 9.47 Å². The van der Waals surface area contributed by atoms with Gasteiger partial charge in [0.05, 0.1) is 49.5 Å². The van der Waals surface area contributed by atoms with Crippen LogP contribution in [0.1, 0.15) is 231 Å². The van der Waals surface area contributed by atoms with Crippen LogP contribution in [0.5, 0.6) is 0 Å². The predicted octanol–water partition coefficient (Wildman–Crippen LogP) is 13.5. The highest BCUT2D eigenvalue weighted by molar-refractivity contribution is 5.79. The summed E-state index contributed by atoms with van der Waals surface area (Å²) < 4.78 is 12.8. The summed E-state index contributed by atoms with van der Waals surface area (Å²) in [7, 11) is 0. The van der Waals surface area contributed by atoms with Crippen molar-refractivity contribution in [2.75, 3.05) is 26.4 Å². The minimum atomic E-state index is -0.490. The molecule has 8 nitrogen and oxygen atoms in total. The number of unbranched alkanes of at least 4 members (excludes halogenated alkanes) is 2. The van der Waals surface area contributed by atoms with Gasteiger partial charge >= 0.3 is 11.9 Å². The maximum absolute atomic E-state index is 14.8. The second-order valence-electron chi connectivity index (χ2n) is 31.5. The van der Waals surface area contributed by atoms with Gasteiger partial charge in [0.25, 0.3) is 0 Å². The number of allylic oxidation sites excluding steroid dienone is 4. The number of ether oxygens (including phenoxy) is 2. The van der Waals surface area contributed by atoms with Gasteiger partial charge in [0.2, 0.25) is 0 Å². The molecule has 0 unspecified atom stereocenters. The number of rotatable bonds is 10. The van der Waals surface area contributed by atoms with Crippen LogP contribution < -0.4 is 0 Å². The van der Waals surface area contributed by atoms with Crippen molar-refractivity contribution in [2.45, 2.75) is 243 Å². The van der Waals surface area contributed by atoms with Gasteiger partial charge in [-0.25, -0.2) is 0 Å². The molecule has 412 valence electrons. The minimum absolute atomic E-state index is 0.0143. The standard InChI is InChI=1S/C65H104O8/c1-54(2)28-32-64(34-30-60(9)42(44(64)38-54)16-18-48-56(5)24-22-50(68)58(7,40-66)46(56)20-26-62(48,60)11)52(70)72-36-14-13-15-37-73-53(71)65-33-29-55(3,4)39-45(65)43-17-19-49-57(6)25-23-51(69)59(8,41-67)47(57)21-27-63(49,12)61(43,10)31-35-65/h16-17,44-51,66-69H,13-15,18-41H2,1-12H3/t44-,45-,46+,47+,48+,49+,50-,51-,56-,57-,58-,59-,60+,61+,62+,63+,64-,65-/m0/s1. The zero-order chi connectivity index (χ0) is 52.8. The summed E-state index contributed by atoms with van der Waals surface area (Å²) in [6, 6.07) is 0. The molecule has 10 rings (SSSR count). The third kappa shape index (κ3) is 7.55. The summed E-state index contributed by atoms with van der Waals surface area (Å²) >= 11 is 0. The number of fused-ring (bicyclic) bond motifs is 14. The van der Waals surface area contributed by atoms with E-state index in [0.29, 0.717) is 25.0 Å². The van der Waals surface area contributed by atoms with Crippen LogP contribution in [0.3, 0.4) is 0 Å². The summed E-state index contributed by atoms with van der Waals surface area (Å²) in [6.45, 7) is 30.0. The Morgan fingerprint density at radius 1 is 0.479 bits per heavy atom. The van der Waals surface area contributed by atoms with E-state index in [2.05, 4.69) is 95.2 Å². The highest BCUT2D eigenvalue weighted by Crippen LogP contribution is 2.78. The molecule has 10 aliphatic rings. The molecule has 0 aliphatic heterocycles. The van der Waals surface area contributed by atoms with E-state index in [9.17, 15) is 30.0 Å². The number of carbonyl (C=O) groups excluding carboxylic acids is 2. The number of aliphatic hydroxyl groups excluding tert-OH is 4.